The lowest BCUT2D eigenvalue weighted by atomic mass is 10.0. The summed E-state index contributed by atoms with van der Waals surface area (Å²) in [5, 5.41) is 4.67. The Morgan fingerprint density at radius 2 is 1.86 bits per heavy atom. The van der Waals surface area contributed by atoms with E-state index in [1.807, 2.05) is 12.1 Å². The summed E-state index contributed by atoms with van der Waals surface area (Å²) in [4.78, 5) is 7.10. The topological polar surface area (TPSA) is 50.5 Å². The summed E-state index contributed by atoms with van der Waals surface area (Å²) in [5.41, 5.74) is 5.01. The molecule has 3 aromatic rings. The molecule has 0 aliphatic carbocycles. The highest BCUT2D eigenvalue weighted by Gasteiger charge is 2.29. The van der Waals surface area contributed by atoms with Gasteiger partial charge in [-0.2, -0.15) is 0 Å². The Morgan fingerprint density at radius 1 is 1.07 bits per heavy atom. The van der Waals surface area contributed by atoms with Gasteiger partial charge in [0, 0.05) is 42.0 Å². The van der Waals surface area contributed by atoms with Crippen molar-refractivity contribution in [2.75, 3.05) is 26.3 Å². The number of rotatable bonds is 5. The Hall–Kier alpha value is -2.63. The number of piperidine rings is 1. The standard InChI is InChI=1S/C23H25N3O2/c1-16(25-19-7-11-26(12-8-19)20-14-27-15-20)17-2-4-18(5-3-17)23-21-9-13-28-22(21)6-10-24-23/h2-6,9-10,13,19-20,25H,1,7-8,11-12,14-15H2. The highest BCUT2D eigenvalue weighted by Crippen LogP contribution is 2.28. The van der Waals surface area contributed by atoms with Gasteiger partial charge in [0.05, 0.1) is 31.2 Å². The van der Waals surface area contributed by atoms with E-state index in [1.165, 1.54) is 0 Å². The third-order valence-electron chi connectivity index (χ3n) is 5.93. The van der Waals surface area contributed by atoms with E-state index in [0.717, 1.165) is 72.6 Å². The molecule has 2 aliphatic heterocycles. The quantitative estimate of drug-likeness (QED) is 0.733. The molecule has 2 fully saturated rings. The molecule has 0 amide bonds. The number of nitrogens with zero attached hydrogens (tertiary/aromatic N) is 2. The second kappa shape index (κ2) is 7.41. The molecule has 5 nitrogen and oxygen atoms in total. The van der Waals surface area contributed by atoms with Crippen LogP contribution in [-0.2, 0) is 4.74 Å². The molecule has 2 aromatic heterocycles. The maximum absolute atomic E-state index is 5.49. The van der Waals surface area contributed by atoms with E-state index < -0.39 is 0 Å². The molecule has 0 bridgehead atoms. The SMILES string of the molecule is C=C(NC1CCN(C2COC2)CC1)c1ccc(-c2nccc3occc23)cc1. The Morgan fingerprint density at radius 3 is 2.57 bits per heavy atom. The number of fused-ring (bicyclic) bond motifs is 1. The first-order valence-electron chi connectivity index (χ1n) is 9.98. The second-order valence-electron chi connectivity index (χ2n) is 7.69. The zero-order chi connectivity index (χ0) is 18.9. The van der Waals surface area contributed by atoms with Crippen LogP contribution >= 0.6 is 0 Å². The van der Waals surface area contributed by atoms with E-state index >= 15 is 0 Å². The summed E-state index contributed by atoms with van der Waals surface area (Å²) in [6.45, 7) is 8.35. The zero-order valence-electron chi connectivity index (χ0n) is 15.9. The molecule has 0 spiro atoms. The minimum atomic E-state index is 0.491. The van der Waals surface area contributed by atoms with Crippen molar-refractivity contribution in [3.8, 4) is 11.3 Å². The molecule has 0 saturated carbocycles. The normalized spacial score (nSPS) is 18.9. The van der Waals surface area contributed by atoms with E-state index in [4.69, 9.17) is 9.15 Å². The predicted molar refractivity (Wildman–Crippen MR) is 111 cm³/mol. The maximum Gasteiger partial charge on any atom is 0.137 e. The van der Waals surface area contributed by atoms with Gasteiger partial charge in [-0.1, -0.05) is 30.8 Å². The molecular formula is C23H25N3O2. The van der Waals surface area contributed by atoms with Crippen LogP contribution in [0.1, 0.15) is 18.4 Å². The minimum absolute atomic E-state index is 0.491. The highest BCUT2D eigenvalue weighted by atomic mass is 16.5. The summed E-state index contributed by atoms with van der Waals surface area (Å²) in [5.74, 6) is 0. The number of nitrogens with one attached hydrogen (secondary N) is 1. The van der Waals surface area contributed by atoms with Crippen molar-refractivity contribution in [2.45, 2.75) is 24.9 Å². The van der Waals surface area contributed by atoms with Crippen LogP contribution < -0.4 is 5.32 Å². The summed E-state index contributed by atoms with van der Waals surface area (Å²) < 4.78 is 10.8. The molecule has 0 atom stereocenters. The number of hydrogen-bond acceptors (Lipinski definition) is 5. The Labute approximate surface area is 165 Å². The molecule has 1 N–H and O–H groups in total. The van der Waals surface area contributed by atoms with E-state index in [-0.39, 0.29) is 0 Å². The van der Waals surface area contributed by atoms with E-state index in [1.54, 1.807) is 12.5 Å². The molecule has 2 aliphatic rings. The predicted octanol–water partition coefficient (Wildman–Crippen LogP) is 3.92. The fraction of sp³-hybridized carbons (Fsp3) is 0.348. The van der Waals surface area contributed by atoms with Gasteiger partial charge >= 0.3 is 0 Å². The number of likely N-dealkylation sites (tertiary alicyclic amines) is 1. The number of ether oxygens (including phenoxy) is 1. The van der Waals surface area contributed by atoms with Crippen LogP contribution in [0.25, 0.3) is 27.9 Å². The van der Waals surface area contributed by atoms with Crippen molar-refractivity contribution >= 4 is 16.7 Å². The van der Waals surface area contributed by atoms with Crippen molar-refractivity contribution in [3.05, 3.63) is 61.0 Å². The fourth-order valence-electron chi connectivity index (χ4n) is 4.13. The Bertz CT molecular complexity index is 967. The van der Waals surface area contributed by atoms with Crippen LogP contribution in [0.15, 0.2) is 59.9 Å². The van der Waals surface area contributed by atoms with Gasteiger partial charge in [0.1, 0.15) is 5.58 Å². The van der Waals surface area contributed by atoms with Crippen molar-refractivity contribution in [1.29, 1.82) is 0 Å². The Balaban J connectivity index is 1.23. The molecular weight excluding hydrogens is 350 g/mol. The average molecular weight is 375 g/mol. The van der Waals surface area contributed by atoms with Gasteiger partial charge in [-0.25, -0.2) is 0 Å². The van der Waals surface area contributed by atoms with Crippen molar-refractivity contribution < 1.29 is 9.15 Å². The van der Waals surface area contributed by atoms with E-state index in [2.05, 4.69) is 46.0 Å². The second-order valence-corrected chi connectivity index (χ2v) is 7.69. The van der Waals surface area contributed by atoms with Crippen molar-refractivity contribution in [1.82, 2.24) is 15.2 Å². The van der Waals surface area contributed by atoms with Gasteiger partial charge in [0.2, 0.25) is 0 Å². The summed E-state index contributed by atoms with van der Waals surface area (Å²) >= 11 is 0. The first-order chi connectivity index (χ1) is 13.8. The molecule has 4 heterocycles. The fourth-order valence-corrected chi connectivity index (χ4v) is 4.13. The average Bonchev–Trinajstić information content (AvgIpc) is 3.17. The first kappa shape index (κ1) is 17.5. The number of pyridine rings is 1. The minimum Gasteiger partial charge on any atom is -0.464 e. The van der Waals surface area contributed by atoms with Crippen LogP contribution in [0, 0.1) is 0 Å². The lowest BCUT2D eigenvalue weighted by molar-refractivity contribution is -0.0715. The number of benzene rings is 1. The van der Waals surface area contributed by atoms with Crippen LogP contribution in [0.2, 0.25) is 0 Å². The first-order valence-corrected chi connectivity index (χ1v) is 9.98. The van der Waals surface area contributed by atoms with Crippen LogP contribution in [0.3, 0.4) is 0 Å². The van der Waals surface area contributed by atoms with Crippen LogP contribution in [0.5, 0.6) is 0 Å². The third-order valence-corrected chi connectivity index (χ3v) is 5.93. The molecule has 0 radical (unpaired) electrons. The van der Waals surface area contributed by atoms with Gasteiger partial charge in [0.15, 0.2) is 0 Å². The lowest BCUT2D eigenvalue weighted by Crippen LogP contribution is -2.53. The maximum atomic E-state index is 5.49. The van der Waals surface area contributed by atoms with Gasteiger partial charge in [-0.05, 0) is 30.5 Å². The van der Waals surface area contributed by atoms with E-state index in [9.17, 15) is 0 Å². The van der Waals surface area contributed by atoms with Gasteiger partial charge < -0.3 is 14.5 Å². The molecule has 1 aromatic carbocycles. The molecule has 28 heavy (non-hydrogen) atoms. The molecule has 2 saturated heterocycles. The Kier molecular flexibility index (Phi) is 4.63. The summed E-state index contributed by atoms with van der Waals surface area (Å²) in [6.07, 6.45) is 5.80. The smallest absolute Gasteiger partial charge is 0.137 e. The zero-order valence-corrected chi connectivity index (χ0v) is 15.9. The lowest BCUT2D eigenvalue weighted by Gasteiger charge is -2.41. The van der Waals surface area contributed by atoms with Crippen LogP contribution in [0.4, 0.5) is 0 Å². The molecule has 144 valence electrons. The van der Waals surface area contributed by atoms with E-state index in [0.29, 0.717) is 12.1 Å². The van der Waals surface area contributed by atoms with Crippen molar-refractivity contribution in [3.63, 3.8) is 0 Å². The van der Waals surface area contributed by atoms with Crippen LogP contribution in [-0.4, -0.2) is 48.3 Å². The summed E-state index contributed by atoms with van der Waals surface area (Å²) in [7, 11) is 0. The molecule has 5 rings (SSSR count). The van der Waals surface area contributed by atoms with Gasteiger partial charge in [-0.15, -0.1) is 0 Å². The number of hydrogen-bond donors (Lipinski definition) is 1. The van der Waals surface area contributed by atoms with Crippen molar-refractivity contribution in [2.24, 2.45) is 0 Å². The summed E-state index contributed by atoms with van der Waals surface area (Å²) in [6, 6.07) is 13.4. The highest BCUT2D eigenvalue weighted by molar-refractivity contribution is 5.91. The molecule has 0 unspecified atom stereocenters. The molecule has 5 heteroatoms. The number of aromatic nitrogens is 1. The number of furan rings is 1. The largest absolute Gasteiger partial charge is 0.464 e. The van der Waals surface area contributed by atoms with Gasteiger partial charge in [0.25, 0.3) is 0 Å². The van der Waals surface area contributed by atoms with Gasteiger partial charge in [-0.3, -0.25) is 9.88 Å². The monoisotopic (exact) mass is 375 g/mol. The third kappa shape index (κ3) is 3.32.